The van der Waals surface area contributed by atoms with Crippen LogP contribution in [-0.4, -0.2) is 16.8 Å². The van der Waals surface area contributed by atoms with Crippen LogP contribution in [0.5, 0.6) is 11.5 Å². The van der Waals surface area contributed by atoms with Gasteiger partial charge < -0.3 is 14.0 Å². The first-order valence-corrected chi connectivity index (χ1v) is 19.2. The Morgan fingerprint density at radius 2 is 1.50 bits per heavy atom. The van der Waals surface area contributed by atoms with Gasteiger partial charge in [0.25, 0.3) is 0 Å². The van der Waals surface area contributed by atoms with Crippen molar-refractivity contribution in [2.45, 2.75) is 56.1 Å². The summed E-state index contributed by atoms with van der Waals surface area (Å²) >= 11 is 0. The summed E-state index contributed by atoms with van der Waals surface area (Å²) in [5.41, 5.74) is 12.6. The van der Waals surface area contributed by atoms with Crippen LogP contribution in [0.3, 0.4) is 0 Å². The van der Waals surface area contributed by atoms with Gasteiger partial charge in [-0.2, -0.15) is 0 Å². The van der Waals surface area contributed by atoms with Gasteiger partial charge in [0.1, 0.15) is 11.5 Å². The second-order valence-corrected chi connectivity index (χ2v) is 15.2. The van der Waals surface area contributed by atoms with E-state index < -0.39 is 5.41 Å². The number of allylic oxidation sites excluding steroid dienone is 7. The lowest BCUT2D eigenvalue weighted by atomic mass is 9.52. The Hall–Kier alpha value is -5.38. The molecule has 254 valence electrons. The Labute approximate surface area is 305 Å². The molecule has 0 radical (unpaired) electrons. The van der Waals surface area contributed by atoms with E-state index in [0.29, 0.717) is 0 Å². The molecule has 5 aromatic rings. The largest absolute Gasteiger partial charge is 0.457 e. The highest BCUT2D eigenvalue weighted by Crippen LogP contribution is 2.62. The van der Waals surface area contributed by atoms with Gasteiger partial charge >= 0.3 is 0 Å². The molecule has 1 fully saturated rings. The quantitative estimate of drug-likeness (QED) is 0.190. The number of ether oxygens (including phenoxy) is 2. The predicted octanol–water partition coefficient (Wildman–Crippen LogP) is 11.8. The topological polar surface area (TPSA) is 23.4 Å². The van der Waals surface area contributed by atoms with Crippen LogP contribution in [0.4, 0.5) is 0 Å². The van der Waals surface area contributed by atoms with Gasteiger partial charge in [-0.25, -0.2) is 0 Å². The first-order valence-electron chi connectivity index (χ1n) is 19.2. The van der Waals surface area contributed by atoms with Gasteiger partial charge in [-0.1, -0.05) is 109 Å². The minimum Gasteiger partial charge on any atom is -0.457 e. The molecule has 4 aromatic carbocycles. The Kier molecular flexibility index (Phi) is 6.89. The van der Waals surface area contributed by atoms with E-state index in [4.69, 9.17) is 9.47 Å². The van der Waals surface area contributed by atoms with Gasteiger partial charge in [-0.05, 0) is 103 Å². The van der Waals surface area contributed by atoms with Crippen molar-refractivity contribution in [2.75, 3.05) is 0 Å². The fraction of sp³-hybridized carbons (Fsp3) is 0.224. The molecule has 0 bridgehead atoms. The first kappa shape index (κ1) is 30.3. The van der Waals surface area contributed by atoms with Crippen LogP contribution in [0.2, 0.25) is 0 Å². The fourth-order valence-corrected chi connectivity index (χ4v) is 10.3. The van der Waals surface area contributed by atoms with E-state index >= 15 is 0 Å². The van der Waals surface area contributed by atoms with Crippen molar-refractivity contribution in [3.05, 3.63) is 179 Å². The molecule has 3 heterocycles. The highest BCUT2D eigenvalue weighted by Gasteiger charge is 2.59. The highest BCUT2D eigenvalue weighted by molar-refractivity contribution is 5.96. The van der Waals surface area contributed by atoms with Gasteiger partial charge in [0.2, 0.25) is 0 Å². The number of rotatable bonds is 3. The average Bonchev–Trinajstić information content (AvgIpc) is 3.55. The van der Waals surface area contributed by atoms with Crippen LogP contribution in [0.15, 0.2) is 157 Å². The summed E-state index contributed by atoms with van der Waals surface area (Å²) in [7, 11) is 0. The summed E-state index contributed by atoms with van der Waals surface area (Å²) in [6.45, 7) is 0. The van der Waals surface area contributed by atoms with Crippen molar-refractivity contribution >= 4 is 17.0 Å². The van der Waals surface area contributed by atoms with E-state index in [-0.39, 0.29) is 24.0 Å². The zero-order valence-corrected chi connectivity index (χ0v) is 29.2. The number of benzene rings is 4. The molecular weight excluding hydrogens is 635 g/mol. The molecule has 1 aromatic heterocycles. The monoisotopic (exact) mass is 675 g/mol. The SMILES string of the molecule is C1=CC2OC3C=CC(C4=CCCCC4)=CC3C3(c4ccccc4Oc4ccc(-c5ccc6c(c5)c5c(n6-c6ccccc6)CCC=C5)cc43)C2C=C1. The highest BCUT2D eigenvalue weighted by atomic mass is 16.5. The molecule has 3 nitrogen and oxygen atoms in total. The van der Waals surface area contributed by atoms with Crippen molar-refractivity contribution in [1.82, 2.24) is 4.57 Å². The molecule has 0 N–H and O–H groups in total. The van der Waals surface area contributed by atoms with Gasteiger partial charge in [-0.15, -0.1) is 0 Å². The van der Waals surface area contributed by atoms with Crippen LogP contribution >= 0.6 is 0 Å². The standard InChI is InChI=1S/C49H41NO2/c1-3-13-32(14-4-1)34-24-27-47-41(30-34)49(39-18-8-11-21-45(39)51-47)40-19-9-12-22-46(40)52-48-28-25-35(31-42(48)49)33-23-26-44-38(29-33)37-17-7-10-20-43(37)50(44)36-15-5-2-6-16-36/h2,5-9,11-13,15-19,21-31,39,41,45,47H,1,3-4,10,14,20H2. The molecule has 0 amide bonds. The smallest absolute Gasteiger partial charge is 0.131 e. The molecule has 1 spiro atoms. The van der Waals surface area contributed by atoms with E-state index in [2.05, 4.69) is 156 Å². The van der Waals surface area contributed by atoms with E-state index in [1.807, 2.05) is 0 Å². The summed E-state index contributed by atoms with van der Waals surface area (Å²) < 4.78 is 16.3. The van der Waals surface area contributed by atoms with Crippen LogP contribution in [0.1, 0.15) is 54.5 Å². The lowest BCUT2D eigenvalue weighted by Crippen LogP contribution is -2.58. The third kappa shape index (κ3) is 4.42. The maximum absolute atomic E-state index is 7.00. The molecule has 3 heteroatoms. The predicted molar refractivity (Wildman–Crippen MR) is 211 cm³/mol. The number of hydrogen-bond donors (Lipinski definition) is 0. The molecule has 4 aliphatic carbocycles. The minimum absolute atomic E-state index is 0.0465. The van der Waals surface area contributed by atoms with Crippen molar-refractivity contribution in [1.29, 1.82) is 0 Å². The summed E-state index contributed by atoms with van der Waals surface area (Å²) in [5.74, 6) is 2.09. The molecule has 5 unspecified atom stereocenters. The van der Waals surface area contributed by atoms with Gasteiger partial charge in [-0.3, -0.25) is 0 Å². The Morgan fingerprint density at radius 1 is 0.673 bits per heavy atom. The second-order valence-electron chi connectivity index (χ2n) is 15.2. The number of hydrogen-bond acceptors (Lipinski definition) is 2. The van der Waals surface area contributed by atoms with Crippen molar-refractivity contribution in [3.63, 3.8) is 0 Å². The summed E-state index contributed by atoms with van der Waals surface area (Å²) in [6, 6.07) is 33.6. The maximum Gasteiger partial charge on any atom is 0.131 e. The normalized spacial score (nSPS) is 26.5. The average molecular weight is 676 g/mol. The molecule has 2 aliphatic heterocycles. The van der Waals surface area contributed by atoms with E-state index in [9.17, 15) is 0 Å². The van der Waals surface area contributed by atoms with E-state index in [0.717, 1.165) is 37.2 Å². The molecular formula is C49H41NO2. The van der Waals surface area contributed by atoms with Gasteiger partial charge in [0, 0.05) is 50.7 Å². The zero-order valence-electron chi connectivity index (χ0n) is 29.2. The van der Waals surface area contributed by atoms with E-state index in [1.165, 1.54) is 74.1 Å². The van der Waals surface area contributed by atoms with Crippen LogP contribution < -0.4 is 4.74 Å². The molecule has 11 rings (SSSR count). The van der Waals surface area contributed by atoms with Crippen molar-refractivity contribution in [3.8, 4) is 28.3 Å². The van der Waals surface area contributed by atoms with Crippen molar-refractivity contribution in [2.24, 2.45) is 11.8 Å². The summed E-state index contributed by atoms with van der Waals surface area (Å²) in [6.07, 6.45) is 30.3. The van der Waals surface area contributed by atoms with E-state index in [1.54, 1.807) is 0 Å². The Balaban J connectivity index is 1.13. The van der Waals surface area contributed by atoms with Crippen molar-refractivity contribution < 1.29 is 9.47 Å². The lowest BCUT2D eigenvalue weighted by molar-refractivity contribution is -0.0840. The molecule has 5 atom stereocenters. The lowest BCUT2D eigenvalue weighted by Gasteiger charge is -2.57. The maximum atomic E-state index is 7.00. The number of aromatic nitrogens is 1. The van der Waals surface area contributed by atoms with Gasteiger partial charge in [0.05, 0.1) is 17.7 Å². The first-order chi connectivity index (χ1) is 25.8. The number of fused-ring (bicyclic) bond motifs is 11. The summed E-state index contributed by atoms with van der Waals surface area (Å²) in [5, 5.41) is 1.30. The molecule has 0 saturated carbocycles. The minimum atomic E-state index is -0.400. The van der Waals surface area contributed by atoms with Crippen LogP contribution in [0.25, 0.3) is 33.8 Å². The van der Waals surface area contributed by atoms with Crippen LogP contribution in [-0.2, 0) is 16.6 Å². The fourth-order valence-electron chi connectivity index (χ4n) is 10.3. The molecule has 1 saturated heterocycles. The Morgan fingerprint density at radius 3 is 2.42 bits per heavy atom. The number of para-hydroxylation sites is 2. The molecule has 6 aliphatic rings. The number of nitrogens with zero attached hydrogens (tertiary/aromatic N) is 1. The third-order valence-electron chi connectivity index (χ3n) is 12.6. The second kappa shape index (κ2) is 11.8. The Bertz CT molecular complexity index is 2450. The van der Waals surface area contributed by atoms with Gasteiger partial charge in [0.15, 0.2) is 0 Å². The summed E-state index contributed by atoms with van der Waals surface area (Å²) in [4.78, 5) is 0. The zero-order chi connectivity index (χ0) is 34.2. The molecule has 52 heavy (non-hydrogen) atoms. The third-order valence-corrected chi connectivity index (χ3v) is 12.6. The van der Waals surface area contributed by atoms with Crippen LogP contribution in [0, 0.1) is 11.8 Å².